The zero-order chi connectivity index (χ0) is 18.0. The molecule has 128 valence electrons. The first-order chi connectivity index (χ1) is 12.0. The van der Waals surface area contributed by atoms with E-state index < -0.39 is 0 Å². The topological polar surface area (TPSA) is 53.2 Å². The summed E-state index contributed by atoms with van der Waals surface area (Å²) < 4.78 is 0. The molecular weight excluding hydrogens is 312 g/mol. The van der Waals surface area contributed by atoms with Gasteiger partial charge in [0, 0.05) is 17.2 Å². The maximum Gasteiger partial charge on any atom is 0.253 e. The lowest BCUT2D eigenvalue weighted by atomic mass is 10.1. The van der Waals surface area contributed by atoms with E-state index in [-0.39, 0.29) is 23.9 Å². The van der Waals surface area contributed by atoms with Crippen molar-refractivity contribution in [3.05, 3.63) is 76.1 Å². The number of benzene rings is 2. The molecule has 1 N–H and O–H groups in total. The maximum atomic E-state index is 12.7. The molecule has 2 aromatic carbocycles. The van der Waals surface area contributed by atoms with Gasteiger partial charge in [0.15, 0.2) is 0 Å². The number of para-hydroxylation sites is 2. The van der Waals surface area contributed by atoms with Crippen molar-refractivity contribution in [2.24, 2.45) is 5.92 Å². The lowest BCUT2D eigenvalue weighted by Crippen LogP contribution is -2.35. The minimum atomic E-state index is -0.153. The Kier molecular flexibility index (Phi) is 4.70. The first-order valence-corrected chi connectivity index (χ1v) is 8.45. The van der Waals surface area contributed by atoms with Crippen molar-refractivity contribution in [1.82, 2.24) is 4.98 Å². The van der Waals surface area contributed by atoms with Crippen LogP contribution in [0.3, 0.4) is 0 Å². The fourth-order valence-corrected chi connectivity index (χ4v) is 2.93. The van der Waals surface area contributed by atoms with Gasteiger partial charge in [-0.25, -0.2) is 0 Å². The number of carbonyl (C=O) groups is 1. The summed E-state index contributed by atoms with van der Waals surface area (Å²) in [6.45, 7) is 5.95. The molecule has 0 radical (unpaired) electrons. The lowest BCUT2D eigenvalue weighted by Gasteiger charge is -2.24. The Hall–Kier alpha value is -2.88. The van der Waals surface area contributed by atoms with E-state index in [1.807, 2.05) is 75.4 Å². The molecule has 0 spiro atoms. The number of aryl methyl sites for hydroxylation is 1. The first-order valence-electron chi connectivity index (χ1n) is 8.45. The summed E-state index contributed by atoms with van der Waals surface area (Å²) in [6.07, 6.45) is 0. The number of nitrogens with one attached hydrogen (secondary N) is 1. The van der Waals surface area contributed by atoms with Gasteiger partial charge in [0.05, 0.1) is 12.1 Å². The number of anilines is 1. The Labute approximate surface area is 147 Å². The summed E-state index contributed by atoms with van der Waals surface area (Å²) in [4.78, 5) is 29.9. The highest BCUT2D eigenvalue weighted by atomic mass is 16.2. The van der Waals surface area contributed by atoms with Crippen LogP contribution in [-0.4, -0.2) is 10.9 Å². The van der Waals surface area contributed by atoms with Gasteiger partial charge in [-0.15, -0.1) is 0 Å². The standard InChI is InChI=1S/C21H22N2O2/c1-14(2)21(25)23(18-10-5-4-6-11-18)13-17-12-16-9-7-8-15(3)19(16)22-20(17)24/h4-12,14H,13H2,1-3H3,(H,22,24). The SMILES string of the molecule is Cc1cccc2cc(CN(C(=O)C(C)C)c3ccccc3)c(=O)[nH]c12. The molecule has 1 heterocycles. The van der Waals surface area contributed by atoms with Crippen molar-refractivity contribution in [3.8, 4) is 0 Å². The number of amides is 1. The average molecular weight is 334 g/mol. The monoisotopic (exact) mass is 334 g/mol. The van der Waals surface area contributed by atoms with Crippen molar-refractivity contribution in [3.63, 3.8) is 0 Å². The van der Waals surface area contributed by atoms with Crippen LogP contribution in [0.25, 0.3) is 10.9 Å². The minimum absolute atomic E-state index is 0.00469. The second-order valence-corrected chi connectivity index (χ2v) is 6.58. The summed E-state index contributed by atoms with van der Waals surface area (Å²) in [5.41, 5.74) is 3.09. The molecule has 0 saturated carbocycles. The highest BCUT2D eigenvalue weighted by Crippen LogP contribution is 2.20. The summed E-state index contributed by atoms with van der Waals surface area (Å²) in [5.74, 6) is -0.156. The summed E-state index contributed by atoms with van der Waals surface area (Å²) in [6, 6.07) is 17.3. The van der Waals surface area contributed by atoms with Gasteiger partial charge in [-0.1, -0.05) is 50.2 Å². The number of aromatic nitrogens is 1. The van der Waals surface area contributed by atoms with Crippen LogP contribution in [0.4, 0.5) is 5.69 Å². The number of carbonyl (C=O) groups excluding carboxylic acids is 1. The van der Waals surface area contributed by atoms with Crippen LogP contribution in [0.2, 0.25) is 0 Å². The Balaban J connectivity index is 2.05. The molecule has 0 aliphatic carbocycles. The van der Waals surface area contributed by atoms with Crippen molar-refractivity contribution < 1.29 is 4.79 Å². The highest BCUT2D eigenvalue weighted by molar-refractivity contribution is 5.94. The zero-order valence-corrected chi connectivity index (χ0v) is 14.7. The number of pyridine rings is 1. The Morgan fingerprint density at radius 3 is 2.48 bits per heavy atom. The van der Waals surface area contributed by atoms with Crippen LogP contribution in [0.1, 0.15) is 25.0 Å². The predicted molar refractivity (Wildman–Crippen MR) is 102 cm³/mol. The number of hydrogen-bond acceptors (Lipinski definition) is 2. The molecule has 0 aliphatic rings. The largest absolute Gasteiger partial charge is 0.321 e. The van der Waals surface area contributed by atoms with E-state index in [0.29, 0.717) is 5.56 Å². The zero-order valence-electron chi connectivity index (χ0n) is 14.7. The van der Waals surface area contributed by atoms with Gasteiger partial charge in [-0.2, -0.15) is 0 Å². The number of fused-ring (bicyclic) bond motifs is 1. The number of nitrogens with zero attached hydrogens (tertiary/aromatic N) is 1. The van der Waals surface area contributed by atoms with E-state index in [9.17, 15) is 9.59 Å². The fourth-order valence-electron chi connectivity index (χ4n) is 2.93. The van der Waals surface area contributed by atoms with E-state index in [1.54, 1.807) is 4.90 Å². The second kappa shape index (κ2) is 6.93. The van der Waals surface area contributed by atoms with Crippen molar-refractivity contribution in [1.29, 1.82) is 0 Å². The van der Waals surface area contributed by atoms with Gasteiger partial charge in [-0.05, 0) is 36.1 Å². The Morgan fingerprint density at radius 2 is 1.80 bits per heavy atom. The molecule has 0 aliphatic heterocycles. The molecule has 1 amide bonds. The summed E-state index contributed by atoms with van der Waals surface area (Å²) >= 11 is 0. The van der Waals surface area contributed by atoms with Crippen molar-refractivity contribution in [2.75, 3.05) is 4.90 Å². The average Bonchev–Trinajstić information content (AvgIpc) is 2.61. The van der Waals surface area contributed by atoms with Crippen molar-refractivity contribution in [2.45, 2.75) is 27.3 Å². The Bertz CT molecular complexity index is 959. The van der Waals surface area contributed by atoms with Gasteiger partial charge in [0.2, 0.25) is 5.91 Å². The number of rotatable bonds is 4. The van der Waals surface area contributed by atoms with E-state index in [1.165, 1.54) is 0 Å². The molecule has 0 unspecified atom stereocenters. The van der Waals surface area contributed by atoms with Gasteiger partial charge in [-0.3, -0.25) is 9.59 Å². The third-order valence-corrected chi connectivity index (χ3v) is 4.32. The predicted octanol–water partition coefficient (Wildman–Crippen LogP) is 4.03. The molecule has 1 aromatic heterocycles. The quantitative estimate of drug-likeness (QED) is 0.783. The number of H-pyrrole nitrogens is 1. The smallest absolute Gasteiger partial charge is 0.253 e. The molecule has 0 fully saturated rings. The molecule has 0 saturated heterocycles. The Morgan fingerprint density at radius 1 is 1.08 bits per heavy atom. The van der Waals surface area contributed by atoms with Crippen LogP contribution in [0.15, 0.2) is 59.4 Å². The molecule has 4 heteroatoms. The fraction of sp³-hybridized carbons (Fsp3) is 0.238. The molecule has 3 aromatic rings. The van der Waals surface area contributed by atoms with Crippen LogP contribution < -0.4 is 10.5 Å². The summed E-state index contributed by atoms with van der Waals surface area (Å²) in [5, 5.41) is 0.972. The van der Waals surface area contributed by atoms with Gasteiger partial charge >= 0.3 is 0 Å². The van der Waals surface area contributed by atoms with Crippen molar-refractivity contribution >= 4 is 22.5 Å². The molecule has 0 atom stereocenters. The molecule has 0 bridgehead atoms. The molecule has 4 nitrogen and oxygen atoms in total. The maximum absolute atomic E-state index is 12.7. The van der Waals surface area contributed by atoms with Gasteiger partial charge in [0.1, 0.15) is 0 Å². The third-order valence-electron chi connectivity index (χ3n) is 4.32. The molecular formula is C21H22N2O2. The van der Waals surface area contributed by atoms with E-state index in [0.717, 1.165) is 22.2 Å². The normalized spacial score (nSPS) is 11.0. The minimum Gasteiger partial charge on any atom is -0.321 e. The van der Waals surface area contributed by atoms with Gasteiger partial charge < -0.3 is 9.88 Å². The van der Waals surface area contributed by atoms with E-state index >= 15 is 0 Å². The highest BCUT2D eigenvalue weighted by Gasteiger charge is 2.20. The van der Waals surface area contributed by atoms with Crippen LogP contribution >= 0.6 is 0 Å². The third kappa shape index (κ3) is 3.48. The van der Waals surface area contributed by atoms with Gasteiger partial charge in [0.25, 0.3) is 5.56 Å². The van der Waals surface area contributed by atoms with E-state index in [2.05, 4.69) is 4.98 Å². The van der Waals surface area contributed by atoms with Crippen LogP contribution in [-0.2, 0) is 11.3 Å². The summed E-state index contributed by atoms with van der Waals surface area (Å²) in [7, 11) is 0. The molecule has 25 heavy (non-hydrogen) atoms. The van der Waals surface area contributed by atoms with E-state index in [4.69, 9.17) is 0 Å². The second-order valence-electron chi connectivity index (χ2n) is 6.58. The number of hydrogen-bond donors (Lipinski definition) is 1. The van der Waals surface area contributed by atoms with Crippen LogP contribution in [0.5, 0.6) is 0 Å². The van der Waals surface area contributed by atoms with Crippen LogP contribution in [0, 0.1) is 12.8 Å². The first kappa shape index (κ1) is 17.0. The lowest BCUT2D eigenvalue weighted by molar-refractivity contribution is -0.121. The number of aromatic amines is 1. The molecule has 3 rings (SSSR count).